The van der Waals surface area contributed by atoms with Crippen LogP contribution in [0.15, 0.2) is 61.4 Å². The number of aryl methyl sites for hydroxylation is 1. The fraction of sp³-hybridized carbons (Fsp3) is 0.281. The van der Waals surface area contributed by atoms with Crippen LogP contribution in [0.1, 0.15) is 15.2 Å². The number of halogens is 1. The van der Waals surface area contributed by atoms with E-state index >= 15 is 0 Å². The Hall–Kier alpha value is -4.72. The molecule has 0 radical (unpaired) electrons. The summed E-state index contributed by atoms with van der Waals surface area (Å²) in [5.74, 6) is 1.33. The highest BCUT2D eigenvalue weighted by Gasteiger charge is 2.30. The summed E-state index contributed by atoms with van der Waals surface area (Å²) in [4.78, 5) is 45.5. The lowest BCUT2D eigenvalue weighted by Crippen LogP contribution is -2.52. The second kappa shape index (κ2) is 13.3. The average molecular weight is 661 g/mol. The van der Waals surface area contributed by atoms with Gasteiger partial charge in [-0.05, 0) is 42.8 Å². The lowest BCUT2D eigenvalue weighted by molar-refractivity contribution is -0.126. The van der Waals surface area contributed by atoms with E-state index in [2.05, 4.69) is 32.0 Å². The molecule has 2 fully saturated rings. The van der Waals surface area contributed by atoms with E-state index in [-0.39, 0.29) is 11.8 Å². The minimum absolute atomic E-state index is 0.0755. The molecule has 0 aliphatic carbocycles. The molecule has 2 amide bonds. The summed E-state index contributed by atoms with van der Waals surface area (Å²) < 4.78 is 5.57. The standard InChI is InChI=1S/C32H33ClN8O4S/c1-4-27(43)39-10-12-40(13-11-39)30-24(41-17-21(42)18-41)14-20(15-34-30)23-8-9-25(45-3)29(36-23)38-32-35-16-26(46-32)31(44)37-28-19(2)6-5-7-22(28)33/h4-9,14-16,21,42H,1,10-13,17-18H2,2-3H3,(H,37,44)(H,35,36,38). The summed E-state index contributed by atoms with van der Waals surface area (Å²) in [6.45, 7) is 8.90. The van der Waals surface area contributed by atoms with E-state index in [1.165, 1.54) is 23.6 Å². The first kappa shape index (κ1) is 31.3. The van der Waals surface area contributed by atoms with Gasteiger partial charge in [0, 0.05) is 51.0 Å². The zero-order valence-electron chi connectivity index (χ0n) is 25.4. The highest BCUT2D eigenvalue weighted by molar-refractivity contribution is 7.17. The fourth-order valence-corrected chi connectivity index (χ4v) is 6.33. The van der Waals surface area contributed by atoms with Crippen molar-refractivity contribution in [3.05, 3.63) is 76.9 Å². The molecule has 238 valence electrons. The number of para-hydroxylation sites is 1. The molecule has 5 heterocycles. The van der Waals surface area contributed by atoms with Crippen LogP contribution in [0, 0.1) is 6.92 Å². The van der Waals surface area contributed by atoms with Gasteiger partial charge in [-0.3, -0.25) is 9.59 Å². The molecular weight excluding hydrogens is 628 g/mol. The van der Waals surface area contributed by atoms with Crippen molar-refractivity contribution in [3.63, 3.8) is 0 Å². The maximum atomic E-state index is 13.0. The number of aliphatic hydroxyl groups is 1. The number of β-amino-alcohol motifs (C(OH)–C–C–N with tert-alkyl or cyclic N) is 1. The third-order valence-electron chi connectivity index (χ3n) is 7.90. The fourth-order valence-electron chi connectivity index (χ4n) is 5.35. The molecule has 0 unspecified atom stereocenters. The van der Waals surface area contributed by atoms with Crippen LogP contribution >= 0.6 is 22.9 Å². The van der Waals surface area contributed by atoms with Crippen molar-refractivity contribution in [2.45, 2.75) is 13.0 Å². The molecule has 0 spiro atoms. The maximum absolute atomic E-state index is 13.0. The molecule has 3 aromatic heterocycles. The number of aliphatic hydroxyl groups excluding tert-OH is 1. The predicted molar refractivity (Wildman–Crippen MR) is 181 cm³/mol. The van der Waals surface area contributed by atoms with Gasteiger partial charge in [-0.25, -0.2) is 15.0 Å². The molecule has 0 bridgehead atoms. The minimum Gasteiger partial charge on any atom is -0.493 e. The van der Waals surface area contributed by atoms with Gasteiger partial charge in [0.25, 0.3) is 5.91 Å². The van der Waals surface area contributed by atoms with E-state index < -0.39 is 6.10 Å². The van der Waals surface area contributed by atoms with Gasteiger partial charge in [0.15, 0.2) is 22.5 Å². The van der Waals surface area contributed by atoms with Crippen LogP contribution in [0.2, 0.25) is 5.02 Å². The van der Waals surface area contributed by atoms with E-state index in [9.17, 15) is 14.7 Å². The highest BCUT2D eigenvalue weighted by Crippen LogP contribution is 2.37. The number of nitrogens with one attached hydrogen (secondary N) is 2. The van der Waals surface area contributed by atoms with Crippen LogP contribution < -0.4 is 25.2 Å². The van der Waals surface area contributed by atoms with E-state index in [0.29, 0.717) is 77.2 Å². The third kappa shape index (κ3) is 6.48. The minimum atomic E-state index is -0.396. The molecule has 1 aromatic carbocycles. The lowest BCUT2D eigenvalue weighted by atomic mass is 10.1. The Labute approximate surface area is 275 Å². The van der Waals surface area contributed by atoms with Gasteiger partial charge < -0.3 is 35.2 Å². The lowest BCUT2D eigenvalue weighted by Gasteiger charge is -2.42. The molecule has 2 aliphatic rings. The number of carbonyl (C=O) groups excluding carboxylic acids is 2. The van der Waals surface area contributed by atoms with Crippen LogP contribution in [0.3, 0.4) is 0 Å². The quantitative estimate of drug-likeness (QED) is 0.219. The number of methoxy groups -OCH3 is 1. The Morgan fingerprint density at radius 1 is 1.11 bits per heavy atom. The number of amides is 2. The molecule has 6 rings (SSSR count). The number of hydrogen-bond donors (Lipinski definition) is 3. The normalized spacial score (nSPS) is 14.9. The number of thiazole rings is 1. The Kier molecular flexibility index (Phi) is 9.06. The first-order chi connectivity index (χ1) is 22.2. The number of benzene rings is 1. The Morgan fingerprint density at radius 3 is 2.59 bits per heavy atom. The summed E-state index contributed by atoms with van der Waals surface area (Å²) in [6, 6.07) is 11.1. The Bertz CT molecular complexity index is 1770. The van der Waals surface area contributed by atoms with Gasteiger partial charge in [-0.15, -0.1) is 0 Å². The number of rotatable bonds is 9. The van der Waals surface area contributed by atoms with Crippen LogP contribution in [0.25, 0.3) is 11.3 Å². The number of aromatic nitrogens is 3. The van der Waals surface area contributed by atoms with E-state index in [1.54, 1.807) is 24.3 Å². The zero-order valence-corrected chi connectivity index (χ0v) is 26.9. The summed E-state index contributed by atoms with van der Waals surface area (Å²) in [5.41, 5.74) is 3.73. The first-order valence-corrected chi connectivity index (χ1v) is 15.9. The maximum Gasteiger partial charge on any atom is 0.267 e. The van der Waals surface area contributed by atoms with E-state index in [1.807, 2.05) is 37.3 Å². The summed E-state index contributed by atoms with van der Waals surface area (Å²) in [7, 11) is 1.56. The third-order valence-corrected chi connectivity index (χ3v) is 9.13. The Morgan fingerprint density at radius 2 is 1.89 bits per heavy atom. The zero-order chi connectivity index (χ0) is 32.4. The molecule has 0 saturated carbocycles. The van der Waals surface area contributed by atoms with Gasteiger partial charge in [0.05, 0.1) is 41.5 Å². The first-order valence-electron chi connectivity index (χ1n) is 14.7. The van der Waals surface area contributed by atoms with Crippen molar-refractivity contribution < 1.29 is 19.4 Å². The van der Waals surface area contributed by atoms with Crippen LogP contribution in [0.4, 0.5) is 28.1 Å². The SMILES string of the molecule is C=CC(=O)N1CCN(c2ncc(-c3ccc(OC)c(Nc4ncc(C(=O)Nc5c(C)cccc5Cl)s4)n3)cc2N2CC(O)C2)CC1. The number of carbonyl (C=O) groups is 2. The van der Waals surface area contributed by atoms with Crippen molar-refractivity contribution in [1.82, 2.24) is 19.9 Å². The van der Waals surface area contributed by atoms with Crippen LogP contribution in [-0.2, 0) is 4.79 Å². The molecule has 0 atom stereocenters. The van der Waals surface area contributed by atoms with Gasteiger partial charge in [0.2, 0.25) is 5.91 Å². The molecular formula is C32H33ClN8O4S. The number of ether oxygens (including phenoxy) is 1. The molecule has 3 N–H and O–H groups in total. The number of anilines is 5. The van der Waals surface area contributed by atoms with Crippen LogP contribution in [0.5, 0.6) is 5.75 Å². The van der Waals surface area contributed by atoms with Gasteiger partial charge in [0.1, 0.15) is 4.88 Å². The van der Waals surface area contributed by atoms with Crippen molar-refractivity contribution in [3.8, 4) is 17.0 Å². The molecule has 4 aromatic rings. The summed E-state index contributed by atoms with van der Waals surface area (Å²) >= 11 is 7.46. The second-order valence-corrected chi connectivity index (χ2v) is 12.4. The average Bonchev–Trinajstić information content (AvgIpc) is 3.53. The number of piperazine rings is 1. The largest absolute Gasteiger partial charge is 0.493 e. The topological polar surface area (TPSA) is 136 Å². The van der Waals surface area contributed by atoms with Crippen molar-refractivity contribution in [2.24, 2.45) is 0 Å². The van der Waals surface area contributed by atoms with E-state index in [4.69, 9.17) is 26.3 Å². The smallest absolute Gasteiger partial charge is 0.267 e. The summed E-state index contributed by atoms with van der Waals surface area (Å²) in [6.07, 6.45) is 4.21. The number of pyridine rings is 2. The van der Waals surface area contributed by atoms with Crippen molar-refractivity contribution >= 4 is 62.9 Å². The van der Waals surface area contributed by atoms with Gasteiger partial charge >= 0.3 is 0 Å². The van der Waals surface area contributed by atoms with E-state index in [0.717, 1.165) is 22.6 Å². The molecule has 46 heavy (non-hydrogen) atoms. The highest BCUT2D eigenvalue weighted by atomic mass is 35.5. The predicted octanol–water partition coefficient (Wildman–Crippen LogP) is 4.58. The molecule has 12 nitrogen and oxygen atoms in total. The summed E-state index contributed by atoms with van der Waals surface area (Å²) in [5, 5.41) is 17.0. The monoisotopic (exact) mass is 660 g/mol. The van der Waals surface area contributed by atoms with Crippen molar-refractivity contribution in [2.75, 3.05) is 66.8 Å². The van der Waals surface area contributed by atoms with Crippen LogP contribution in [-0.4, -0.2) is 89.3 Å². The Balaban J connectivity index is 1.23. The van der Waals surface area contributed by atoms with Crippen molar-refractivity contribution in [1.29, 1.82) is 0 Å². The molecule has 2 aliphatic heterocycles. The number of hydrogen-bond acceptors (Lipinski definition) is 11. The second-order valence-electron chi connectivity index (χ2n) is 10.9. The number of nitrogens with zero attached hydrogens (tertiary/aromatic N) is 6. The molecule has 2 saturated heterocycles. The van der Waals surface area contributed by atoms with Gasteiger partial charge in [-0.1, -0.05) is 41.6 Å². The molecule has 14 heteroatoms. The van der Waals surface area contributed by atoms with Gasteiger partial charge in [-0.2, -0.15) is 0 Å².